The fraction of sp³-hybridized carbons (Fsp3) is 0.400. The van der Waals surface area contributed by atoms with Gasteiger partial charge >= 0.3 is 5.97 Å². The molecule has 0 spiro atoms. The van der Waals surface area contributed by atoms with Crippen molar-refractivity contribution in [2.24, 2.45) is 0 Å². The third-order valence-corrected chi connectivity index (χ3v) is 1.94. The van der Waals surface area contributed by atoms with Crippen molar-refractivity contribution in [2.75, 3.05) is 5.73 Å². The standard InChI is InChI=1S/C10H13BrN2O2.BrH/c1-10(2,3)15-9(14)7-4-6(11)5-13-8(7)12;/h4-5H,1-3H3,(H2,12,13);1H. The zero-order valence-electron chi connectivity index (χ0n) is 9.28. The number of carbonyl (C=O) groups excluding carboxylic acids is 1. The number of nitrogens with zero attached hydrogens (tertiary/aromatic N) is 1. The largest absolute Gasteiger partial charge is 0.456 e. The van der Waals surface area contributed by atoms with Crippen LogP contribution in [0.4, 0.5) is 5.82 Å². The maximum atomic E-state index is 11.7. The van der Waals surface area contributed by atoms with E-state index in [0.717, 1.165) is 0 Å². The highest BCUT2D eigenvalue weighted by Crippen LogP contribution is 2.19. The molecule has 1 rings (SSSR count). The fourth-order valence-corrected chi connectivity index (χ4v) is 1.28. The average Bonchev–Trinajstić information content (AvgIpc) is 2.06. The second-order valence-corrected chi connectivity index (χ2v) is 5.00. The smallest absolute Gasteiger partial charge is 0.342 e. The first-order valence-corrected chi connectivity index (χ1v) is 5.23. The molecule has 16 heavy (non-hydrogen) atoms. The molecule has 0 bridgehead atoms. The van der Waals surface area contributed by atoms with Gasteiger partial charge in [0.2, 0.25) is 0 Å². The third kappa shape index (κ3) is 4.49. The molecular formula is C10H14Br2N2O2. The van der Waals surface area contributed by atoms with Gasteiger partial charge in [-0.25, -0.2) is 9.78 Å². The van der Waals surface area contributed by atoms with Crippen LogP contribution in [0.3, 0.4) is 0 Å². The van der Waals surface area contributed by atoms with Crippen LogP contribution in [0.5, 0.6) is 0 Å². The molecule has 0 amide bonds. The van der Waals surface area contributed by atoms with Crippen molar-refractivity contribution in [1.29, 1.82) is 0 Å². The Bertz CT molecular complexity index is 389. The Morgan fingerprint density at radius 1 is 1.50 bits per heavy atom. The van der Waals surface area contributed by atoms with Crippen molar-refractivity contribution in [3.63, 3.8) is 0 Å². The van der Waals surface area contributed by atoms with Gasteiger partial charge in [0.25, 0.3) is 0 Å². The van der Waals surface area contributed by atoms with E-state index in [0.29, 0.717) is 4.47 Å². The monoisotopic (exact) mass is 352 g/mol. The summed E-state index contributed by atoms with van der Waals surface area (Å²) in [4.78, 5) is 15.5. The van der Waals surface area contributed by atoms with Gasteiger partial charge in [0.1, 0.15) is 17.0 Å². The van der Waals surface area contributed by atoms with Crippen molar-refractivity contribution in [3.8, 4) is 0 Å². The first kappa shape index (κ1) is 15.4. The van der Waals surface area contributed by atoms with Crippen LogP contribution in [0.15, 0.2) is 16.7 Å². The molecule has 1 aromatic heterocycles. The normalized spacial score (nSPS) is 10.5. The van der Waals surface area contributed by atoms with Gasteiger partial charge in [0.05, 0.1) is 0 Å². The van der Waals surface area contributed by atoms with Crippen molar-refractivity contribution in [1.82, 2.24) is 4.98 Å². The van der Waals surface area contributed by atoms with Gasteiger partial charge in [-0.15, -0.1) is 17.0 Å². The molecule has 0 atom stereocenters. The zero-order chi connectivity index (χ0) is 11.6. The summed E-state index contributed by atoms with van der Waals surface area (Å²) in [5, 5.41) is 0. The molecule has 0 unspecified atom stereocenters. The molecule has 2 N–H and O–H groups in total. The summed E-state index contributed by atoms with van der Waals surface area (Å²) in [6.07, 6.45) is 1.53. The van der Waals surface area contributed by atoms with Gasteiger partial charge < -0.3 is 10.5 Å². The lowest BCUT2D eigenvalue weighted by molar-refractivity contribution is 0.00704. The molecule has 0 radical (unpaired) electrons. The number of carbonyl (C=O) groups is 1. The number of esters is 1. The molecule has 0 fully saturated rings. The second-order valence-electron chi connectivity index (χ2n) is 4.09. The predicted octanol–water partition coefficient (Wildman–Crippen LogP) is 2.96. The molecule has 4 nitrogen and oxygen atoms in total. The van der Waals surface area contributed by atoms with Gasteiger partial charge in [-0.05, 0) is 42.8 Å². The summed E-state index contributed by atoms with van der Waals surface area (Å²) in [7, 11) is 0. The summed E-state index contributed by atoms with van der Waals surface area (Å²) in [5.41, 5.74) is 5.32. The highest BCUT2D eigenvalue weighted by atomic mass is 79.9. The lowest BCUT2D eigenvalue weighted by atomic mass is 10.2. The van der Waals surface area contributed by atoms with Crippen LogP contribution in [0, 0.1) is 0 Å². The third-order valence-electron chi connectivity index (χ3n) is 1.50. The summed E-state index contributed by atoms with van der Waals surface area (Å²) < 4.78 is 5.87. The lowest BCUT2D eigenvalue weighted by Crippen LogP contribution is -2.24. The number of halogens is 2. The molecule has 0 aliphatic heterocycles. The van der Waals surface area contributed by atoms with Crippen LogP contribution in [0.1, 0.15) is 31.1 Å². The van der Waals surface area contributed by atoms with Crippen LogP contribution in [-0.2, 0) is 4.74 Å². The van der Waals surface area contributed by atoms with Crippen molar-refractivity contribution < 1.29 is 9.53 Å². The number of hydrogen-bond acceptors (Lipinski definition) is 4. The molecule has 0 saturated carbocycles. The molecule has 90 valence electrons. The van der Waals surface area contributed by atoms with Crippen LogP contribution in [-0.4, -0.2) is 16.6 Å². The molecule has 0 saturated heterocycles. The Kier molecular flexibility index (Phi) is 5.41. The fourth-order valence-electron chi connectivity index (χ4n) is 0.946. The van der Waals surface area contributed by atoms with Gasteiger partial charge in [-0.3, -0.25) is 0 Å². The average molecular weight is 354 g/mol. The number of ether oxygens (including phenoxy) is 1. The van der Waals surface area contributed by atoms with Gasteiger partial charge in [0, 0.05) is 10.7 Å². The van der Waals surface area contributed by atoms with Gasteiger partial charge in [-0.1, -0.05) is 0 Å². The van der Waals surface area contributed by atoms with Crippen LogP contribution < -0.4 is 5.73 Å². The van der Waals surface area contributed by atoms with Gasteiger partial charge in [-0.2, -0.15) is 0 Å². The van der Waals surface area contributed by atoms with Crippen molar-refractivity contribution in [2.45, 2.75) is 26.4 Å². The number of pyridine rings is 1. The predicted molar refractivity (Wildman–Crippen MR) is 71.8 cm³/mol. The molecule has 1 heterocycles. The number of nitrogen functional groups attached to an aromatic ring is 1. The van der Waals surface area contributed by atoms with E-state index < -0.39 is 11.6 Å². The quantitative estimate of drug-likeness (QED) is 0.788. The topological polar surface area (TPSA) is 65.2 Å². The minimum Gasteiger partial charge on any atom is -0.456 e. The van der Waals surface area contributed by atoms with E-state index in [1.807, 2.05) is 0 Å². The van der Waals surface area contributed by atoms with Gasteiger partial charge in [0.15, 0.2) is 0 Å². The number of nitrogens with two attached hydrogens (primary N) is 1. The first-order valence-electron chi connectivity index (χ1n) is 4.44. The van der Waals surface area contributed by atoms with Crippen LogP contribution >= 0.6 is 32.9 Å². The molecular weight excluding hydrogens is 340 g/mol. The SMILES string of the molecule is Br.CC(C)(C)OC(=O)c1cc(Br)cnc1N. The number of rotatable bonds is 1. The minimum absolute atomic E-state index is 0. The van der Waals surface area contributed by atoms with E-state index in [1.165, 1.54) is 6.20 Å². The molecule has 6 heteroatoms. The van der Waals surface area contributed by atoms with E-state index >= 15 is 0 Å². The highest BCUT2D eigenvalue weighted by molar-refractivity contribution is 9.10. The first-order chi connectivity index (χ1) is 6.79. The number of anilines is 1. The Morgan fingerprint density at radius 2 is 2.06 bits per heavy atom. The summed E-state index contributed by atoms with van der Waals surface area (Å²) >= 11 is 3.22. The summed E-state index contributed by atoms with van der Waals surface area (Å²) in [6, 6.07) is 1.59. The van der Waals surface area contributed by atoms with E-state index in [9.17, 15) is 4.79 Å². The lowest BCUT2D eigenvalue weighted by Gasteiger charge is -2.19. The molecule has 0 aromatic carbocycles. The molecule has 1 aromatic rings. The summed E-state index contributed by atoms with van der Waals surface area (Å²) in [6.45, 7) is 5.39. The Hall–Kier alpha value is -0.620. The maximum absolute atomic E-state index is 11.7. The van der Waals surface area contributed by atoms with E-state index in [1.54, 1.807) is 26.8 Å². The maximum Gasteiger partial charge on any atom is 0.342 e. The van der Waals surface area contributed by atoms with Crippen molar-refractivity contribution in [3.05, 3.63) is 22.3 Å². The number of hydrogen-bond donors (Lipinski definition) is 1. The van der Waals surface area contributed by atoms with Crippen molar-refractivity contribution >= 4 is 44.7 Å². The number of aromatic nitrogens is 1. The Morgan fingerprint density at radius 3 is 2.56 bits per heavy atom. The Labute approximate surface area is 113 Å². The highest BCUT2D eigenvalue weighted by Gasteiger charge is 2.20. The molecule has 0 aliphatic rings. The van der Waals surface area contributed by atoms with E-state index in [2.05, 4.69) is 20.9 Å². The van der Waals surface area contributed by atoms with Crippen LogP contribution in [0.25, 0.3) is 0 Å². The Balaban J connectivity index is 0.00000225. The summed E-state index contributed by atoms with van der Waals surface area (Å²) in [5.74, 6) is -0.291. The van der Waals surface area contributed by atoms with E-state index in [-0.39, 0.29) is 28.4 Å². The van der Waals surface area contributed by atoms with Crippen LogP contribution in [0.2, 0.25) is 0 Å². The molecule has 0 aliphatic carbocycles. The minimum atomic E-state index is -0.536. The second kappa shape index (κ2) is 5.63. The van der Waals surface area contributed by atoms with E-state index in [4.69, 9.17) is 10.5 Å². The zero-order valence-corrected chi connectivity index (χ0v) is 12.6.